The van der Waals surface area contributed by atoms with Gasteiger partial charge in [0.2, 0.25) is 0 Å². The quantitative estimate of drug-likeness (QED) is 0.729. The van der Waals surface area contributed by atoms with Gasteiger partial charge >= 0.3 is 11.9 Å². The van der Waals surface area contributed by atoms with E-state index in [4.69, 9.17) is 0 Å². The third-order valence-corrected chi connectivity index (χ3v) is 2.59. The van der Waals surface area contributed by atoms with Gasteiger partial charge in [0.25, 0.3) is 5.91 Å². The third-order valence-electron chi connectivity index (χ3n) is 2.59. The molecule has 0 aliphatic rings. The highest BCUT2D eigenvalue weighted by Crippen LogP contribution is 2.23. The summed E-state index contributed by atoms with van der Waals surface area (Å²) in [5, 5.41) is 18.8. The second-order valence-electron chi connectivity index (χ2n) is 4.01. The zero-order valence-electron chi connectivity index (χ0n) is 11.5. The Morgan fingerprint density at radius 3 is 2.00 bits per heavy atom. The van der Waals surface area contributed by atoms with E-state index in [1.807, 2.05) is 0 Å². The number of phenols is 2. The number of hydrogen-bond acceptors (Lipinski definition) is 7. The zero-order chi connectivity index (χ0) is 16.0. The summed E-state index contributed by atoms with van der Waals surface area (Å²) in [7, 11) is 2.28. The molecule has 8 nitrogen and oxygen atoms in total. The first-order valence-corrected chi connectivity index (χ1v) is 5.84. The molecular weight excluding hydrogens is 282 g/mol. The summed E-state index contributed by atoms with van der Waals surface area (Å²) in [4.78, 5) is 35.7. The molecule has 0 fully saturated rings. The second-order valence-corrected chi connectivity index (χ2v) is 4.01. The SMILES string of the molecule is COC(=O)CN(CC(=O)OC)C(=O)c1ccc(O)cc1O. The van der Waals surface area contributed by atoms with Crippen LogP contribution in [0.5, 0.6) is 11.5 Å². The van der Waals surface area contributed by atoms with Gasteiger partial charge < -0.3 is 24.6 Å². The Balaban J connectivity index is 3.02. The van der Waals surface area contributed by atoms with Gasteiger partial charge in [-0.15, -0.1) is 0 Å². The van der Waals surface area contributed by atoms with E-state index < -0.39 is 36.7 Å². The molecule has 0 heterocycles. The van der Waals surface area contributed by atoms with Crippen LogP contribution in [0.3, 0.4) is 0 Å². The Kier molecular flexibility index (Phi) is 5.53. The van der Waals surface area contributed by atoms with E-state index in [1.54, 1.807) is 0 Å². The Bertz CT molecular complexity index is 537. The molecule has 0 aliphatic carbocycles. The minimum Gasteiger partial charge on any atom is -0.508 e. The highest BCUT2D eigenvalue weighted by atomic mass is 16.5. The minimum atomic E-state index is -0.775. The van der Waals surface area contributed by atoms with Crippen molar-refractivity contribution in [2.45, 2.75) is 0 Å². The topological polar surface area (TPSA) is 113 Å². The number of phenolic OH excluding ortho intramolecular Hbond substituents is 2. The fourth-order valence-electron chi connectivity index (χ4n) is 1.51. The number of carbonyl (C=O) groups is 3. The maximum absolute atomic E-state index is 12.2. The van der Waals surface area contributed by atoms with Crippen LogP contribution in [0.15, 0.2) is 18.2 Å². The summed E-state index contributed by atoms with van der Waals surface area (Å²) in [6.45, 7) is -0.963. The number of hydrogen-bond donors (Lipinski definition) is 2. The van der Waals surface area contributed by atoms with Crippen LogP contribution in [0, 0.1) is 0 Å². The lowest BCUT2D eigenvalue weighted by molar-refractivity contribution is -0.144. The standard InChI is InChI=1S/C13H15NO7/c1-20-11(17)6-14(7-12(18)21-2)13(19)9-4-3-8(15)5-10(9)16/h3-5,15-16H,6-7H2,1-2H3. The molecule has 0 spiro atoms. The predicted molar refractivity (Wildman–Crippen MR) is 69.7 cm³/mol. The van der Waals surface area contributed by atoms with Gasteiger partial charge in [0.1, 0.15) is 24.6 Å². The van der Waals surface area contributed by atoms with Crippen LogP contribution in [0.4, 0.5) is 0 Å². The molecule has 1 aromatic rings. The van der Waals surface area contributed by atoms with Crippen molar-refractivity contribution in [1.82, 2.24) is 4.90 Å². The third kappa shape index (κ3) is 4.37. The monoisotopic (exact) mass is 297 g/mol. The first-order chi connectivity index (χ1) is 9.88. The number of carbonyl (C=O) groups excluding carboxylic acids is 3. The predicted octanol–water partition coefficient (Wildman–Crippen LogP) is -0.114. The van der Waals surface area contributed by atoms with E-state index in [0.717, 1.165) is 25.2 Å². The summed E-state index contributed by atoms with van der Waals surface area (Å²) in [6.07, 6.45) is 0. The average Bonchev–Trinajstić information content (AvgIpc) is 2.45. The molecule has 0 radical (unpaired) electrons. The molecule has 0 atom stereocenters. The molecule has 0 saturated heterocycles. The number of nitrogens with zero attached hydrogens (tertiary/aromatic N) is 1. The molecule has 2 N–H and O–H groups in total. The van der Waals surface area contributed by atoms with Crippen molar-refractivity contribution in [3.05, 3.63) is 23.8 Å². The van der Waals surface area contributed by atoms with Gasteiger partial charge in [0.05, 0.1) is 19.8 Å². The van der Waals surface area contributed by atoms with Gasteiger partial charge in [-0.25, -0.2) is 0 Å². The van der Waals surface area contributed by atoms with Crippen molar-refractivity contribution in [2.24, 2.45) is 0 Å². The van der Waals surface area contributed by atoms with Crippen LogP contribution in [0.2, 0.25) is 0 Å². The van der Waals surface area contributed by atoms with E-state index in [2.05, 4.69) is 9.47 Å². The maximum atomic E-state index is 12.2. The summed E-state index contributed by atoms with van der Waals surface area (Å²) in [5.74, 6) is -2.93. The number of methoxy groups -OCH3 is 2. The summed E-state index contributed by atoms with van der Waals surface area (Å²) in [6, 6.07) is 3.34. The molecular formula is C13H15NO7. The lowest BCUT2D eigenvalue weighted by atomic mass is 10.1. The molecule has 1 amide bonds. The van der Waals surface area contributed by atoms with Crippen molar-refractivity contribution >= 4 is 17.8 Å². The number of ether oxygens (including phenoxy) is 2. The van der Waals surface area contributed by atoms with Crippen LogP contribution in [-0.4, -0.2) is 60.3 Å². The minimum absolute atomic E-state index is 0.166. The van der Waals surface area contributed by atoms with Crippen molar-refractivity contribution < 1.29 is 34.1 Å². The van der Waals surface area contributed by atoms with Gasteiger partial charge in [-0.3, -0.25) is 14.4 Å². The lowest BCUT2D eigenvalue weighted by Gasteiger charge is -2.20. The highest BCUT2D eigenvalue weighted by molar-refractivity contribution is 5.99. The average molecular weight is 297 g/mol. The highest BCUT2D eigenvalue weighted by Gasteiger charge is 2.24. The molecule has 1 rings (SSSR count). The summed E-state index contributed by atoms with van der Waals surface area (Å²) >= 11 is 0. The zero-order valence-corrected chi connectivity index (χ0v) is 11.5. The molecule has 0 bridgehead atoms. The Labute approximate surface area is 120 Å². The van der Waals surface area contributed by atoms with Crippen molar-refractivity contribution in [2.75, 3.05) is 27.3 Å². The largest absolute Gasteiger partial charge is 0.508 e. The number of amides is 1. The van der Waals surface area contributed by atoms with Crippen LogP contribution in [-0.2, 0) is 19.1 Å². The Morgan fingerprint density at radius 2 is 1.57 bits per heavy atom. The first kappa shape index (κ1) is 16.3. The molecule has 0 aliphatic heterocycles. The molecule has 1 aromatic carbocycles. The van der Waals surface area contributed by atoms with Gasteiger partial charge in [0.15, 0.2) is 0 Å². The molecule has 21 heavy (non-hydrogen) atoms. The molecule has 114 valence electrons. The maximum Gasteiger partial charge on any atom is 0.325 e. The van der Waals surface area contributed by atoms with Gasteiger partial charge in [0, 0.05) is 6.07 Å². The Morgan fingerprint density at radius 1 is 1.05 bits per heavy atom. The summed E-state index contributed by atoms with van der Waals surface area (Å²) < 4.78 is 8.89. The van der Waals surface area contributed by atoms with Crippen LogP contribution in [0.1, 0.15) is 10.4 Å². The van der Waals surface area contributed by atoms with Gasteiger partial charge in [-0.2, -0.15) is 0 Å². The van der Waals surface area contributed by atoms with Crippen molar-refractivity contribution in [1.29, 1.82) is 0 Å². The molecule has 0 aromatic heterocycles. The normalized spacial score (nSPS) is 9.81. The fourth-order valence-corrected chi connectivity index (χ4v) is 1.51. The summed E-state index contributed by atoms with van der Waals surface area (Å²) in [5.41, 5.74) is -0.166. The van der Waals surface area contributed by atoms with Gasteiger partial charge in [-0.1, -0.05) is 0 Å². The van der Waals surface area contributed by atoms with Gasteiger partial charge in [-0.05, 0) is 12.1 Å². The number of esters is 2. The van der Waals surface area contributed by atoms with E-state index in [1.165, 1.54) is 12.1 Å². The Hall–Kier alpha value is -2.77. The number of aromatic hydroxyl groups is 2. The number of rotatable bonds is 5. The molecule has 0 unspecified atom stereocenters. The van der Waals surface area contributed by atoms with E-state index in [-0.39, 0.29) is 11.3 Å². The number of benzene rings is 1. The van der Waals surface area contributed by atoms with E-state index >= 15 is 0 Å². The van der Waals surface area contributed by atoms with E-state index in [9.17, 15) is 24.6 Å². The second kappa shape index (κ2) is 7.13. The van der Waals surface area contributed by atoms with Crippen LogP contribution < -0.4 is 0 Å². The molecule has 0 saturated carbocycles. The molecule has 8 heteroatoms. The fraction of sp³-hybridized carbons (Fsp3) is 0.308. The van der Waals surface area contributed by atoms with E-state index in [0.29, 0.717) is 0 Å². The first-order valence-electron chi connectivity index (χ1n) is 5.84. The lowest BCUT2D eigenvalue weighted by Crippen LogP contribution is -2.40. The van der Waals surface area contributed by atoms with Crippen LogP contribution >= 0.6 is 0 Å². The van der Waals surface area contributed by atoms with Crippen molar-refractivity contribution in [3.8, 4) is 11.5 Å². The van der Waals surface area contributed by atoms with Crippen LogP contribution in [0.25, 0.3) is 0 Å². The van der Waals surface area contributed by atoms with Crippen molar-refractivity contribution in [3.63, 3.8) is 0 Å². The smallest absolute Gasteiger partial charge is 0.325 e.